The van der Waals surface area contributed by atoms with Crippen molar-refractivity contribution >= 4 is 5.91 Å². The Labute approximate surface area is 142 Å². The number of hydrogen-bond acceptors (Lipinski definition) is 2. The van der Waals surface area contributed by atoms with E-state index in [0.717, 1.165) is 11.1 Å². The maximum absolute atomic E-state index is 12.7. The Morgan fingerprint density at radius 1 is 1.00 bits per heavy atom. The molecule has 0 aliphatic heterocycles. The van der Waals surface area contributed by atoms with Gasteiger partial charge in [-0.1, -0.05) is 60.2 Å². The van der Waals surface area contributed by atoms with Crippen LogP contribution in [-0.4, -0.2) is 15.7 Å². The van der Waals surface area contributed by atoms with Gasteiger partial charge in [-0.25, -0.2) is 0 Å². The summed E-state index contributed by atoms with van der Waals surface area (Å²) in [5.41, 5.74) is 3.32. The number of nitrogens with zero attached hydrogens (tertiary/aromatic N) is 2. The largest absolute Gasteiger partial charge is 0.343 e. The summed E-state index contributed by atoms with van der Waals surface area (Å²) in [7, 11) is 0. The number of rotatable bonds is 5. The van der Waals surface area contributed by atoms with Crippen LogP contribution in [0.15, 0.2) is 73.1 Å². The zero-order chi connectivity index (χ0) is 16.9. The lowest BCUT2D eigenvalue weighted by Gasteiger charge is -2.22. The highest BCUT2D eigenvalue weighted by Gasteiger charge is 2.21. The van der Waals surface area contributed by atoms with Crippen molar-refractivity contribution in [2.45, 2.75) is 25.9 Å². The van der Waals surface area contributed by atoms with E-state index in [0.29, 0.717) is 0 Å². The fourth-order valence-corrected chi connectivity index (χ4v) is 2.66. The molecule has 2 atom stereocenters. The molecule has 1 amide bonds. The number of hydrogen-bond donors (Lipinski definition) is 1. The number of aryl methyl sites for hydroxylation is 1. The van der Waals surface area contributed by atoms with Crippen molar-refractivity contribution in [3.8, 4) is 0 Å². The third kappa shape index (κ3) is 3.54. The summed E-state index contributed by atoms with van der Waals surface area (Å²) in [5.74, 6) is -0.0619. The molecule has 0 aliphatic carbocycles. The number of carbonyl (C=O) groups excluding carboxylic acids is 1. The first kappa shape index (κ1) is 16.0. The standard InChI is InChI=1S/C20H21N3O/c1-15-9-11-18(12-10-15)19(17-7-4-3-5-8-17)22-20(24)16(2)23-14-6-13-21-23/h3-14,16,19H,1-2H3,(H,22,24). The highest BCUT2D eigenvalue weighted by molar-refractivity contribution is 5.80. The van der Waals surface area contributed by atoms with Gasteiger partial charge in [-0.05, 0) is 31.0 Å². The van der Waals surface area contributed by atoms with Gasteiger partial charge in [-0.3, -0.25) is 9.48 Å². The van der Waals surface area contributed by atoms with E-state index in [4.69, 9.17) is 0 Å². The van der Waals surface area contributed by atoms with Gasteiger partial charge in [0.05, 0.1) is 6.04 Å². The minimum absolute atomic E-state index is 0.0619. The summed E-state index contributed by atoms with van der Waals surface area (Å²) in [5, 5.41) is 7.31. The van der Waals surface area contributed by atoms with Gasteiger partial charge in [0.1, 0.15) is 6.04 Å². The zero-order valence-electron chi connectivity index (χ0n) is 13.9. The normalized spacial score (nSPS) is 13.2. The maximum Gasteiger partial charge on any atom is 0.245 e. The van der Waals surface area contributed by atoms with Crippen LogP contribution in [0.1, 0.15) is 35.7 Å². The van der Waals surface area contributed by atoms with Crippen LogP contribution in [0.5, 0.6) is 0 Å². The van der Waals surface area contributed by atoms with Crippen molar-refractivity contribution in [3.63, 3.8) is 0 Å². The molecule has 0 radical (unpaired) electrons. The quantitative estimate of drug-likeness (QED) is 0.780. The van der Waals surface area contributed by atoms with Crippen LogP contribution in [0.3, 0.4) is 0 Å². The molecule has 1 N–H and O–H groups in total. The molecule has 3 aromatic rings. The second-order valence-corrected chi connectivity index (χ2v) is 5.93. The van der Waals surface area contributed by atoms with E-state index >= 15 is 0 Å². The van der Waals surface area contributed by atoms with Crippen LogP contribution in [0, 0.1) is 6.92 Å². The van der Waals surface area contributed by atoms with Crippen molar-refractivity contribution in [1.29, 1.82) is 0 Å². The Balaban J connectivity index is 1.88. The lowest BCUT2D eigenvalue weighted by Crippen LogP contribution is -2.34. The van der Waals surface area contributed by atoms with Crippen LogP contribution < -0.4 is 5.32 Å². The second kappa shape index (κ2) is 7.13. The smallest absolute Gasteiger partial charge is 0.245 e. The van der Waals surface area contributed by atoms with Gasteiger partial charge in [0, 0.05) is 12.4 Å². The average Bonchev–Trinajstić information content (AvgIpc) is 3.15. The minimum atomic E-state index is -0.364. The molecular formula is C20H21N3O. The third-order valence-corrected chi connectivity index (χ3v) is 4.13. The fraction of sp³-hybridized carbons (Fsp3) is 0.200. The molecular weight excluding hydrogens is 298 g/mol. The van der Waals surface area contributed by atoms with E-state index in [-0.39, 0.29) is 18.0 Å². The van der Waals surface area contributed by atoms with E-state index in [1.807, 2.05) is 43.3 Å². The van der Waals surface area contributed by atoms with E-state index in [1.165, 1.54) is 5.56 Å². The molecule has 0 saturated heterocycles. The molecule has 0 aliphatic rings. The number of nitrogens with one attached hydrogen (secondary N) is 1. The van der Waals surface area contributed by atoms with Gasteiger partial charge in [-0.2, -0.15) is 5.10 Å². The van der Waals surface area contributed by atoms with Gasteiger partial charge in [0.15, 0.2) is 0 Å². The Hall–Kier alpha value is -2.88. The summed E-state index contributed by atoms with van der Waals surface area (Å²) in [6.07, 6.45) is 3.48. The molecule has 4 nitrogen and oxygen atoms in total. The maximum atomic E-state index is 12.7. The molecule has 0 saturated carbocycles. The van der Waals surface area contributed by atoms with Gasteiger partial charge in [-0.15, -0.1) is 0 Å². The van der Waals surface area contributed by atoms with Gasteiger partial charge in [0.2, 0.25) is 5.91 Å². The second-order valence-electron chi connectivity index (χ2n) is 5.93. The van der Waals surface area contributed by atoms with Crippen molar-refractivity contribution in [2.24, 2.45) is 0 Å². The molecule has 2 aromatic carbocycles. The van der Waals surface area contributed by atoms with Crippen molar-refractivity contribution in [2.75, 3.05) is 0 Å². The number of benzene rings is 2. The predicted octanol–water partition coefficient (Wildman–Crippen LogP) is 3.66. The van der Waals surface area contributed by atoms with Crippen LogP contribution in [0.25, 0.3) is 0 Å². The summed E-state index contributed by atoms with van der Waals surface area (Å²) in [6, 6.07) is 19.5. The highest BCUT2D eigenvalue weighted by atomic mass is 16.2. The number of aromatic nitrogens is 2. The van der Waals surface area contributed by atoms with E-state index < -0.39 is 0 Å². The van der Waals surface area contributed by atoms with E-state index in [9.17, 15) is 4.79 Å². The number of amides is 1. The Bertz CT molecular complexity index is 780. The lowest BCUT2D eigenvalue weighted by molar-refractivity contribution is -0.124. The van der Waals surface area contributed by atoms with Crippen LogP contribution in [0.4, 0.5) is 0 Å². The average molecular weight is 319 g/mol. The fourth-order valence-electron chi connectivity index (χ4n) is 2.66. The molecule has 2 unspecified atom stereocenters. The molecule has 0 spiro atoms. The molecule has 1 heterocycles. The topological polar surface area (TPSA) is 46.9 Å². The summed E-state index contributed by atoms with van der Waals surface area (Å²) >= 11 is 0. The molecule has 24 heavy (non-hydrogen) atoms. The highest BCUT2D eigenvalue weighted by Crippen LogP contribution is 2.23. The molecule has 1 aromatic heterocycles. The Morgan fingerprint density at radius 2 is 1.67 bits per heavy atom. The van der Waals surface area contributed by atoms with E-state index in [1.54, 1.807) is 17.1 Å². The predicted molar refractivity (Wildman–Crippen MR) is 94.5 cm³/mol. The molecule has 0 fully saturated rings. The first-order valence-corrected chi connectivity index (χ1v) is 8.06. The van der Waals surface area contributed by atoms with Crippen LogP contribution >= 0.6 is 0 Å². The van der Waals surface area contributed by atoms with Crippen molar-refractivity contribution in [3.05, 3.63) is 89.7 Å². The van der Waals surface area contributed by atoms with Gasteiger partial charge in [0.25, 0.3) is 0 Å². The van der Waals surface area contributed by atoms with E-state index in [2.05, 4.69) is 41.6 Å². The zero-order valence-corrected chi connectivity index (χ0v) is 13.9. The van der Waals surface area contributed by atoms with Crippen molar-refractivity contribution in [1.82, 2.24) is 15.1 Å². The van der Waals surface area contributed by atoms with Crippen molar-refractivity contribution < 1.29 is 4.79 Å². The molecule has 122 valence electrons. The summed E-state index contributed by atoms with van der Waals surface area (Å²) < 4.78 is 1.66. The first-order chi connectivity index (χ1) is 11.6. The summed E-state index contributed by atoms with van der Waals surface area (Å²) in [6.45, 7) is 3.90. The SMILES string of the molecule is Cc1ccc(C(NC(=O)C(C)n2cccn2)c2ccccc2)cc1. The van der Waals surface area contributed by atoms with Crippen LogP contribution in [-0.2, 0) is 4.79 Å². The summed E-state index contributed by atoms with van der Waals surface area (Å²) in [4.78, 5) is 12.7. The minimum Gasteiger partial charge on any atom is -0.343 e. The molecule has 0 bridgehead atoms. The Kier molecular flexibility index (Phi) is 4.75. The van der Waals surface area contributed by atoms with Crippen LogP contribution in [0.2, 0.25) is 0 Å². The first-order valence-electron chi connectivity index (χ1n) is 8.06. The number of carbonyl (C=O) groups is 1. The molecule has 3 rings (SSSR count). The monoisotopic (exact) mass is 319 g/mol. The molecule has 4 heteroatoms. The lowest BCUT2D eigenvalue weighted by atomic mass is 9.97. The van der Waals surface area contributed by atoms with Gasteiger partial charge < -0.3 is 5.32 Å². The third-order valence-electron chi connectivity index (χ3n) is 4.13. The Morgan fingerprint density at radius 3 is 2.29 bits per heavy atom. The van der Waals surface area contributed by atoms with Gasteiger partial charge >= 0.3 is 0 Å².